The molecular formula is C24H25NO4S. The molecule has 0 saturated heterocycles. The fraction of sp³-hybridized carbons (Fsp3) is 0.208. The van der Waals surface area contributed by atoms with Crippen molar-refractivity contribution >= 4 is 21.6 Å². The average molecular weight is 424 g/mol. The Morgan fingerprint density at radius 3 is 2.27 bits per heavy atom. The van der Waals surface area contributed by atoms with Gasteiger partial charge in [0.1, 0.15) is 5.75 Å². The monoisotopic (exact) mass is 423 g/mol. The van der Waals surface area contributed by atoms with E-state index >= 15 is 0 Å². The highest BCUT2D eigenvalue weighted by molar-refractivity contribution is 7.93. The molecule has 0 atom stereocenters. The van der Waals surface area contributed by atoms with E-state index in [0.29, 0.717) is 11.4 Å². The molecule has 0 bridgehead atoms. The van der Waals surface area contributed by atoms with Crippen LogP contribution in [0.1, 0.15) is 23.6 Å². The first-order valence-electron chi connectivity index (χ1n) is 9.76. The summed E-state index contributed by atoms with van der Waals surface area (Å²) in [5.74, 6) is -0.0789. The Morgan fingerprint density at radius 1 is 0.900 bits per heavy atom. The van der Waals surface area contributed by atoms with Crippen molar-refractivity contribution in [2.24, 2.45) is 0 Å². The molecule has 156 valence electrons. The SMILES string of the molecule is CCc1ccccc1OCC(=O)N(c1cccc(C)c1C)S(=O)(=O)c1ccccc1. The van der Waals surface area contributed by atoms with E-state index in [1.807, 2.05) is 38.1 Å². The fourth-order valence-corrected chi connectivity index (χ4v) is 4.68. The molecule has 1 amide bonds. The molecule has 3 aromatic rings. The predicted molar refractivity (Wildman–Crippen MR) is 118 cm³/mol. The number of carbonyl (C=O) groups excluding carboxylic acids is 1. The summed E-state index contributed by atoms with van der Waals surface area (Å²) in [4.78, 5) is 13.3. The number of hydrogen-bond acceptors (Lipinski definition) is 4. The number of rotatable bonds is 7. The first-order chi connectivity index (χ1) is 14.4. The Bertz CT molecular complexity index is 1140. The van der Waals surface area contributed by atoms with Crippen LogP contribution in [0.4, 0.5) is 5.69 Å². The molecule has 0 aliphatic heterocycles. The minimum Gasteiger partial charge on any atom is -0.483 e. The van der Waals surface area contributed by atoms with Gasteiger partial charge in [-0.3, -0.25) is 4.79 Å². The van der Waals surface area contributed by atoms with Crippen LogP contribution in [-0.2, 0) is 21.2 Å². The van der Waals surface area contributed by atoms with Crippen LogP contribution in [0, 0.1) is 13.8 Å². The fourth-order valence-electron chi connectivity index (χ4n) is 3.19. The lowest BCUT2D eigenvalue weighted by Crippen LogP contribution is -2.40. The van der Waals surface area contributed by atoms with E-state index in [1.165, 1.54) is 12.1 Å². The van der Waals surface area contributed by atoms with Gasteiger partial charge < -0.3 is 4.74 Å². The third-order valence-electron chi connectivity index (χ3n) is 5.01. The minimum absolute atomic E-state index is 0.0493. The molecule has 0 N–H and O–H groups in total. The number of benzene rings is 3. The van der Waals surface area contributed by atoms with E-state index in [0.717, 1.165) is 27.4 Å². The van der Waals surface area contributed by atoms with Crippen LogP contribution in [-0.4, -0.2) is 20.9 Å². The molecule has 0 unspecified atom stereocenters. The van der Waals surface area contributed by atoms with Gasteiger partial charge in [0.05, 0.1) is 10.6 Å². The highest BCUT2D eigenvalue weighted by Crippen LogP contribution is 2.29. The van der Waals surface area contributed by atoms with Crippen molar-refractivity contribution < 1.29 is 17.9 Å². The third-order valence-corrected chi connectivity index (χ3v) is 6.76. The van der Waals surface area contributed by atoms with Crippen LogP contribution < -0.4 is 9.04 Å². The van der Waals surface area contributed by atoms with Crippen molar-refractivity contribution in [3.63, 3.8) is 0 Å². The van der Waals surface area contributed by atoms with E-state index in [1.54, 1.807) is 43.3 Å². The second-order valence-corrected chi connectivity index (χ2v) is 8.73. The van der Waals surface area contributed by atoms with Gasteiger partial charge in [-0.1, -0.05) is 55.5 Å². The Balaban J connectivity index is 2.01. The molecular weight excluding hydrogens is 398 g/mol. The maximum atomic E-state index is 13.4. The quantitative estimate of drug-likeness (QED) is 0.554. The first kappa shape index (κ1) is 21.6. The highest BCUT2D eigenvalue weighted by Gasteiger charge is 2.32. The molecule has 0 heterocycles. The number of aryl methyl sites for hydroxylation is 2. The Labute approximate surface area is 178 Å². The molecule has 3 aromatic carbocycles. The lowest BCUT2D eigenvalue weighted by molar-refractivity contribution is -0.119. The second-order valence-electron chi connectivity index (χ2n) is 6.95. The normalized spacial score (nSPS) is 11.2. The number of sulfonamides is 1. The standard InChI is InChI=1S/C24H25NO4S/c1-4-20-12-8-9-16-23(20)29-17-24(26)25(22-15-10-11-18(2)19(22)3)30(27,28)21-13-6-5-7-14-21/h5-16H,4,17H2,1-3H3. The molecule has 0 fully saturated rings. The summed E-state index contributed by atoms with van der Waals surface area (Å²) in [6.45, 7) is 5.28. The first-order valence-corrected chi connectivity index (χ1v) is 11.2. The third kappa shape index (κ3) is 4.39. The van der Waals surface area contributed by atoms with Gasteiger partial charge in [0.25, 0.3) is 15.9 Å². The van der Waals surface area contributed by atoms with Crippen LogP contribution in [0.5, 0.6) is 5.75 Å². The van der Waals surface area contributed by atoms with Crippen LogP contribution in [0.2, 0.25) is 0 Å². The number of nitrogens with zero attached hydrogens (tertiary/aromatic N) is 1. The summed E-state index contributed by atoms with van der Waals surface area (Å²) < 4.78 is 33.4. The van der Waals surface area contributed by atoms with Gasteiger partial charge in [0.2, 0.25) is 0 Å². The van der Waals surface area contributed by atoms with E-state index in [2.05, 4.69) is 0 Å². The topological polar surface area (TPSA) is 63.7 Å². The van der Waals surface area contributed by atoms with Crippen LogP contribution in [0.15, 0.2) is 77.7 Å². The maximum Gasteiger partial charge on any atom is 0.278 e. The summed E-state index contributed by atoms with van der Waals surface area (Å²) >= 11 is 0. The van der Waals surface area contributed by atoms with Crippen molar-refractivity contribution in [3.05, 3.63) is 89.5 Å². The molecule has 3 rings (SSSR count). The van der Waals surface area contributed by atoms with E-state index < -0.39 is 22.5 Å². The van der Waals surface area contributed by atoms with Gasteiger partial charge in [-0.15, -0.1) is 0 Å². The van der Waals surface area contributed by atoms with Crippen molar-refractivity contribution in [2.75, 3.05) is 10.9 Å². The summed E-state index contributed by atoms with van der Waals surface area (Å²) in [7, 11) is -4.11. The molecule has 5 nitrogen and oxygen atoms in total. The molecule has 0 spiro atoms. The van der Waals surface area contributed by atoms with Crippen molar-refractivity contribution in [2.45, 2.75) is 32.1 Å². The zero-order chi connectivity index (χ0) is 21.7. The number of amides is 1. The number of carbonyl (C=O) groups is 1. The van der Waals surface area contributed by atoms with Gasteiger partial charge >= 0.3 is 0 Å². The summed E-state index contributed by atoms with van der Waals surface area (Å²) in [6, 6.07) is 20.6. The molecule has 0 aliphatic rings. The predicted octanol–water partition coefficient (Wildman–Crippen LogP) is 4.67. The summed E-state index contributed by atoms with van der Waals surface area (Å²) in [5, 5.41) is 0. The largest absolute Gasteiger partial charge is 0.483 e. The number of anilines is 1. The molecule has 0 saturated carbocycles. The van der Waals surface area contributed by atoms with E-state index in [9.17, 15) is 13.2 Å². The van der Waals surface area contributed by atoms with Gasteiger partial charge in [-0.2, -0.15) is 4.31 Å². The van der Waals surface area contributed by atoms with Gasteiger partial charge in [-0.05, 0) is 61.2 Å². The zero-order valence-electron chi connectivity index (χ0n) is 17.3. The summed E-state index contributed by atoms with van der Waals surface area (Å²) in [6.07, 6.45) is 0.743. The number of hydrogen-bond donors (Lipinski definition) is 0. The zero-order valence-corrected chi connectivity index (χ0v) is 18.1. The van der Waals surface area contributed by atoms with Crippen LogP contribution in [0.3, 0.4) is 0 Å². The lowest BCUT2D eigenvalue weighted by atomic mass is 10.1. The minimum atomic E-state index is -4.11. The molecule has 6 heteroatoms. The van der Waals surface area contributed by atoms with Crippen molar-refractivity contribution in [1.82, 2.24) is 0 Å². The maximum absolute atomic E-state index is 13.4. The number of ether oxygens (including phenoxy) is 1. The molecule has 0 radical (unpaired) electrons. The van der Waals surface area contributed by atoms with Crippen molar-refractivity contribution in [3.8, 4) is 5.75 Å². The van der Waals surface area contributed by atoms with Crippen LogP contribution >= 0.6 is 0 Å². The smallest absolute Gasteiger partial charge is 0.278 e. The molecule has 0 aliphatic carbocycles. The van der Waals surface area contributed by atoms with Gasteiger partial charge in [-0.25, -0.2) is 8.42 Å². The second kappa shape index (κ2) is 9.13. The molecule has 30 heavy (non-hydrogen) atoms. The van der Waals surface area contributed by atoms with Crippen molar-refractivity contribution in [1.29, 1.82) is 0 Å². The summed E-state index contributed by atoms with van der Waals surface area (Å²) in [5.41, 5.74) is 2.90. The number of para-hydroxylation sites is 1. The average Bonchev–Trinajstić information content (AvgIpc) is 2.76. The lowest BCUT2D eigenvalue weighted by Gasteiger charge is -2.25. The highest BCUT2D eigenvalue weighted by atomic mass is 32.2. The van der Waals surface area contributed by atoms with Crippen LogP contribution in [0.25, 0.3) is 0 Å². The Hall–Kier alpha value is -3.12. The van der Waals surface area contributed by atoms with E-state index in [4.69, 9.17) is 4.74 Å². The van der Waals surface area contributed by atoms with E-state index in [-0.39, 0.29) is 4.90 Å². The molecule has 0 aromatic heterocycles. The van der Waals surface area contributed by atoms with Gasteiger partial charge in [0, 0.05) is 0 Å². The Morgan fingerprint density at radius 2 is 1.57 bits per heavy atom. The Kier molecular flexibility index (Phi) is 6.57. The van der Waals surface area contributed by atoms with Gasteiger partial charge in [0.15, 0.2) is 6.61 Å².